The molecule has 2 N–H and O–H groups in total. The quantitative estimate of drug-likeness (QED) is 0.661. The van der Waals surface area contributed by atoms with Crippen molar-refractivity contribution in [2.75, 3.05) is 32.7 Å². The van der Waals surface area contributed by atoms with Crippen molar-refractivity contribution < 1.29 is 14.7 Å². The van der Waals surface area contributed by atoms with E-state index in [1.165, 1.54) is 21.6 Å². The Morgan fingerprint density at radius 3 is 2.52 bits per heavy atom. The molecule has 0 saturated carbocycles. The van der Waals surface area contributed by atoms with E-state index in [0.717, 1.165) is 39.0 Å². The Hall–Kier alpha value is -2.74. The maximum Gasteiger partial charge on any atom is 0.325 e. The van der Waals surface area contributed by atoms with E-state index >= 15 is 0 Å². The van der Waals surface area contributed by atoms with Gasteiger partial charge in [0.2, 0.25) is 0 Å². The molecule has 2 fully saturated rings. The van der Waals surface area contributed by atoms with Gasteiger partial charge in [-0.1, -0.05) is 54.6 Å². The lowest BCUT2D eigenvalue weighted by molar-refractivity contribution is -0.134. The first-order valence-electron chi connectivity index (χ1n) is 11.9. The Bertz CT molecular complexity index is 1010. The van der Waals surface area contributed by atoms with Gasteiger partial charge in [0, 0.05) is 32.7 Å². The fraction of sp³-hybridized carbons (Fsp3) is 0.462. The monoisotopic (exact) mass is 448 g/mol. The van der Waals surface area contributed by atoms with Gasteiger partial charge in [-0.25, -0.2) is 4.79 Å². The summed E-state index contributed by atoms with van der Waals surface area (Å²) in [5.74, 6) is -0.201. The predicted molar refractivity (Wildman–Crippen MR) is 125 cm³/mol. The Kier molecular flexibility index (Phi) is 6.19. The van der Waals surface area contributed by atoms with Gasteiger partial charge >= 0.3 is 6.03 Å². The van der Waals surface area contributed by atoms with Crippen molar-refractivity contribution in [2.24, 2.45) is 0 Å². The van der Waals surface area contributed by atoms with Gasteiger partial charge in [0.05, 0.1) is 12.6 Å². The van der Waals surface area contributed by atoms with Crippen LogP contribution in [0.25, 0.3) is 0 Å². The van der Waals surface area contributed by atoms with Gasteiger partial charge in [0.25, 0.3) is 5.91 Å². The number of aliphatic hydroxyl groups is 1. The molecule has 0 bridgehead atoms. The first-order valence-corrected chi connectivity index (χ1v) is 11.9. The molecule has 2 atom stereocenters. The Morgan fingerprint density at radius 2 is 1.70 bits per heavy atom. The fourth-order valence-electron chi connectivity index (χ4n) is 5.52. The van der Waals surface area contributed by atoms with E-state index in [1.807, 2.05) is 24.3 Å². The van der Waals surface area contributed by atoms with Crippen molar-refractivity contribution in [3.05, 3.63) is 71.3 Å². The highest BCUT2D eigenvalue weighted by Crippen LogP contribution is 2.29. The number of benzene rings is 2. The van der Waals surface area contributed by atoms with Gasteiger partial charge in [-0.05, 0) is 42.5 Å². The molecule has 3 amide bonds. The number of imide groups is 1. The van der Waals surface area contributed by atoms with Crippen LogP contribution in [0.3, 0.4) is 0 Å². The number of carbonyl (C=O) groups is 2. The van der Waals surface area contributed by atoms with Crippen LogP contribution in [0, 0.1) is 0 Å². The number of nitrogens with zero attached hydrogens (tertiary/aromatic N) is 3. The van der Waals surface area contributed by atoms with Crippen molar-refractivity contribution >= 4 is 11.9 Å². The van der Waals surface area contributed by atoms with Crippen molar-refractivity contribution in [1.29, 1.82) is 0 Å². The zero-order chi connectivity index (χ0) is 22.8. The molecule has 174 valence electrons. The molecule has 3 aliphatic heterocycles. The number of likely N-dealkylation sites (tertiary alicyclic amines) is 1. The van der Waals surface area contributed by atoms with Crippen molar-refractivity contribution in [3.8, 4) is 0 Å². The minimum atomic E-state index is -0.881. The number of aliphatic hydroxyl groups excluding tert-OH is 1. The second-order valence-corrected chi connectivity index (χ2v) is 9.64. The largest absolute Gasteiger partial charge is 0.390 e. The van der Waals surface area contributed by atoms with Gasteiger partial charge in [-0.3, -0.25) is 19.5 Å². The van der Waals surface area contributed by atoms with Crippen LogP contribution in [0.15, 0.2) is 54.6 Å². The van der Waals surface area contributed by atoms with E-state index in [2.05, 4.69) is 45.4 Å². The highest BCUT2D eigenvalue weighted by atomic mass is 16.3. The fourth-order valence-corrected chi connectivity index (χ4v) is 5.52. The Morgan fingerprint density at radius 1 is 0.939 bits per heavy atom. The second kappa shape index (κ2) is 9.25. The lowest BCUT2D eigenvalue weighted by Gasteiger charge is -2.38. The zero-order valence-electron chi connectivity index (χ0n) is 18.9. The topological polar surface area (TPSA) is 76.1 Å². The first kappa shape index (κ1) is 22.1. The Labute approximate surface area is 195 Å². The van der Waals surface area contributed by atoms with Crippen LogP contribution >= 0.6 is 0 Å². The van der Waals surface area contributed by atoms with Gasteiger partial charge in [-0.15, -0.1) is 0 Å². The van der Waals surface area contributed by atoms with Gasteiger partial charge in [0.15, 0.2) is 0 Å². The number of hydrogen-bond acceptors (Lipinski definition) is 5. The molecule has 2 saturated heterocycles. The molecule has 3 heterocycles. The summed E-state index contributed by atoms with van der Waals surface area (Å²) in [5, 5.41) is 13.7. The average molecular weight is 449 g/mol. The number of fused-ring (bicyclic) bond motifs is 1. The summed E-state index contributed by atoms with van der Waals surface area (Å²) in [6.45, 7) is 4.28. The summed E-state index contributed by atoms with van der Waals surface area (Å²) >= 11 is 0. The van der Waals surface area contributed by atoms with Crippen molar-refractivity contribution in [3.63, 3.8) is 0 Å². The number of piperidine rings is 1. The normalized spacial score (nSPS) is 24.7. The molecule has 33 heavy (non-hydrogen) atoms. The van der Waals surface area contributed by atoms with Gasteiger partial charge in [-0.2, -0.15) is 0 Å². The number of amides is 3. The third-order valence-corrected chi connectivity index (χ3v) is 7.14. The van der Waals surface area contributed by atoms with Crippen LogP contribution < -0.4 is 5.32 Å². The number of carbonyl (C=O) groups excluding carboxylic acids is 2. The van der Waals surface area contributed by atoms with E-state index < -0.39 is 11.6 Å². The number of nitrogens with one attached hydrogen (secondary N) is 1. The number of hydrogen-bond donors (Lipinski definition) is 2. The summed E-state index contributed by atoms with van der Waals surface area (Å²) < 4.78 is 0. The lowest BCUT2D eigenvalue weighted by Crippen LogP contribution is -2.58. The summed E-state index contributed by atoms with van der Waals surface area (Å²) in [6.07, 6.45) is 1.66. The SMILES string of the molecule is O=C1NC2(CCCN(Cc3ccccc3)C2)C(=O)N1CC(O)CN1CCc2ccccc2C1. The number of rotatable bonds is 6. The molecule has 2 aromatic rings. The van der Waals surface area contributed by atoms with Crippen LogP contribution in [-0.2, 0) is 24.3 Å². The second-order valence-electron chi connectivity index (χ2n) is 9.64. The smallest absolute Gasteiger partial charge is 0.325 e. The number of urea groups is 1. The minimum absolute atomic E-state index is 0.0310. The van der Waals surface area contributed by atoms with E-state index in [-0.39, 0.29) is 18.5 Å². The molecule has 0 aliphatic carbocycles. The standard InChI is InChI=1S/C26H32N4O3/c31-23(17-28-14-11-21-9-4-5-10-22(21)16-28)18-30-24(32)26(27-25(30)33)12-6-13-29(19-26)15-20-7-2-1-3-8-20/h1-5,7-10,23,31H,6,11-19H2,(H,27,33). The lowest BCUT2D eigenvalue weighted by atomic mass is 9.88. The zero-order valence-corrected chi connectivity index (χ0v) is 18.9. The van der Waals surface area contributed by atoms with Crippen molar-refractivity contribution in [1.82, 2.24) is 20.0 Å². The molecule has 7 heteroatoms. The molecule has 1 spiro atoms. The Balaban J connectivity index is 1.19. The average Bonchev–Trinajstić information content (AvgIpc) is 3.03. The van der Waals surface area contributed by atoms with E-state index in [0.29, 0.717) is 19.5 Å². The van der Waals surface area contributed by atoms with Crippen LogP contribution in [0.1, 0.15) is 29.5 Å². The third kappa shape index (κ3) is 4.67. The summed E-state index contributed by atoms with van der Waals surface area (Å²) in [4.78, 5) is 31.8. The highest BCUT2D eigenvalue weighted by Gasteiger charge is 2.53. The molecule has 2 unspecified atom stereocenters. The summed E-state index contributed by atoms with van der Waals surface area (Å²) in [5.41, 5.74) is 2.96. The summed E-state index contributed by atoms with van der Waals surface area (Å²) in [6, 6.07) is 18.2. The van der Waals surface area contributed by atoms with Crippen LogP contribution in [0.2, 0.25) is 0 Å². The van der Waals surface area contributed by atoms with Crippen LogP contribution in [0.4, 0.5) is 4.79 Å². The van der Waals surface area contributed by atoms with Crippen LogP contribution in [0.5, 0.6) is 0 Å². The predicted octanol–water partition coefficient (Wildman–Crippen LogP) is 1.99. The molecular weight excluding hydrogens is 416 g/mol. The third-order valence-electron chi connectivity index (χ3n) is 7.14. The molecule has 2 aromatic carbocycles. The van der Waals surface area contributed by atoms with Gasteiger partial charge in [0.1, 0.15) is 5.54 Å². The maximum absolute atomic E-state index is 13.4. The van der Waals surface area contributed by atoms with Crippen molar-refractivity contribution in [2.45, 2.75) is 44.0 Å². The summed E-state index contributed by atoms with van der Waals surface area (Å²) in [7, 11) is 0. The van der Waals surface area contributed by atoms with E-state index in [4.69, 9.17) is 0 Å². The molecule has 0 aromatic heterocycles. The van der Waals surface area contributed by atoms with Crippen LogP contribution in [-0.4, -0.2) is 76.1 Å². The first-order chi connectivity index (χ1) is 16.0. The van der Waals surface area contributed by atoms with Gasteiger partial charge < -0.3 is 10.4 Å². The minimum Gasteiger partial charge on any atom is -0.390 e. The number of β-amino-alcohol motifs (C(OH)–C–C–N with tert-alkyl or cyclic N) is 1. The molecule has 3 aliphatic rings. The molecule has 5 rings (SSSR count). The molecule has 0 radical (unpaired) electrons. The highest BCUT2D eigenvalue weighted by molar-refractivity contribution is 6.07. The molecule has 7 nitrogen and oxygen atoms in total. The maximum atomic E-state index is 13.4. The van der Waals surface area contributed by atoms with E-state index in [1.54, 1.807) is 0 Å². The van der Waals surface area contributed by atoms with E-state index in [9.17, 15) is 14.7 Å². The molecular formula is C26H32N4O3.